The lowest BCUT2D eigenvalue weighted by Crippen LogP contribution is -2.36. The van der Waals surface area contributed by atoms with E-state index in [-0.39, 0.29) is 12.2 Å². The van der Waals surface area contributed by atoms with Crippen LogP contribution in [-0.2, 0) is 9.53 Å². The lowest BCUT2D eigenvalue weighted by atomic mass is 10.1. The molecular weight excluding hydrogens is 238 g/mol. The third kappa shape index (κ3) is 3.02. The average Bonchev–Trinajstić information content (AvgIpc) is 2.33. The van der Waals surface area contributed by atoms with E-state index < -0.39 is 16.9 Å². The van der Waals surface area contributed by atoms with Crippen LogP contribution in [0, 0.1) is 17.0 Å². The summed E-state index contributed by atoms with van der Waals surface area (Å²) in [6.07, 6.45) is -0.774. The Morgan fingerprint density at radius 1 is 1.61 bits per heavy atom. The highest BCUT2D eigenvalue weighted by molar-refractivity contribution is 5.95. The number of anilines is 1. The van der Waals surface area contributed by atoms with Gasteiger partial charge >= 0.3 is 0 Å². The van der Waals surface area contributed by atoms with Crippen molar-refractivity contribution in [1.82, 2.24) is 0 Å². The second kappa shape index (κ2) is 6.08. The molecule has 1 aromatic carbocycles. The van der Waals surface area contributed by atoms with Gasteiger partial charge in [-0.15, -0.1) is 0 Å². The molecule has 0 spiro atoms. The number of nitro groups is 1. The van der Waals surface area contributed by atoms with Gasteiger partial charge in [-0.25, -0.2) is 0 Å². The smallest absolute Gasteiger partial charge is 0.274 e. The molecule has 1 unspecified atom stereocenters. The lowest BCUT2D eigenvalue weighted by molar-refractivity contribution is -0.385. The number of nitro benzene ring substituents is 1. The van der Waals surface area contributed by atoms with Crippen LogP contribution in [0.4, 0.5) is 11.4 Å². The third-order valence-electron chi connectivity index (χ3n) is 2.55. The van der Waals surface area contributed by atoms with Gasteiger partial charge in [-0.3, -0.25) is 14.9 Å². The van der Waals surface area contributed by atoms with Crippen LogP contribution in [0.5, 0.6) is 0 Å². The molecule has 0 radical (unpaired) electrons. The summed E-state index contributed by atoms with van der Waals surface area (Å²) >= 11 is 0. The minimum atomic E-state index is -0.774. The van der Waals surface area contributed by atoms with E-state index in [0.29, 0.717) is 11.3 Å². The maximum Gasteiger partial charge on any atom is 0.274 e. The van der Waals surface area contributed by atoms with E-state index in [1.54, 1.807) is 13.0 Å². The standard InChI is InChI=1S/C11H15N3O4/c1-7-8(4-3-5-9(7)14(16)17)13-11(15)10(6-12)18-2/h3-5,10H,6,12H2,1-2H3,(H,13,15). The van der Waals surface area contributed by atoms with Crippen molar-refractivity contribution in [3.63, 3.8) is 0 Å². The topological polar surface area (TPSA) is 107 Å². The number of amides is 1. The van der Waals surface area contributed by atoms with E-state index in [2.05, 4.69) is 5.32 Å². The van der Waals surface area contributed by atoms with E-state index in [1.807, 2.05) is 0 Å². The van der Waals surface area contributed by atoms with Gasteiger partial charge in [-0.2, -0.15) is 0 Å². The minimum Gasteiger partial charge on any atom is -0.370 e. The normalized spacial score (nSPS) is 11.9. The molecule has 0 aliphatic heterocycles. The van der Waals surface area contributed by atoms with Gasteiger partial charge in [0.2, 0.25) is 0 Å². The van der Waals surface area contributed by atoms with E-state index in [4.69, 9.17) is 10.5 Å². The largest absolute Gasteiger partial charge is 0.370 e. The lowest BCUT2D eigenvalue weighted by Gasteiger charge is -2.14. The molecule has 18 heavy (non-hydrogen) atoms. The Labute approximate surface area is 104 Å². The molecule has 0 bridgehead atoms. The zero-order valence-electron chi connectivity index (χ0n) is 10.2. The van der Waals surface area contributed by atoms with Crippen molar-refractivity contribution in [2.75, 3.05) is 19.0 Å². The fraction of sp³-hybridized carbons (Fsp3) is 0.364. The van der Waals surface area contributed by atoms with Gasteiger partial charge in [0.05, 0.1) is 16.2 Å². The quantitative estimate of drug-likeness (QED) is 0.596. The van der Waals surface area contributed by atoms with E-state index in [0.717, 1.165) is 0 Å². The summed E-state index contributed by atoms with van der Waals surface area (Å²) in [7, 11) is 1.37. The van der Waals surface area contributed by atoms with E-state index in [1.165, 1.54) is 19.2 Å². The molecule has 1 amide bonds. The molecule has 98 valence electrons. The van der Waals surface area contributed by atoms with Gasteiger partial charge in [0, 0.05) is 19.7 Å². The van der Waals surface area contributed by atoms with Gasteiger partial charge in [0.25, 0.3) is 11.6 Å². The number of rotatable bonds is 5. The number of nitrogens with one attached hydrogen (secondary N) is 1. The van der Waals surface area contributed by atoms with Gasteiger partial charge in [-0.1, -0.05) is 6.07 Å². The molecular formula is C11H15N3O4. The first-order chi connectivity index (χ1) is 8.51. The van der Waals surface area contributed by atoms with Gasteiger partial charge in [0.15, 0.2) is 0 Å². The van der Waals surface area contributed by atoms with Crippen molar-refractivity contribution in [3.05, 3.63) is 33.9 Å². The van der Waals surface area contributed by atoms with Crippen molar-refractivity contribution in [2.45, 2.75) is 13.0 Å². The fourth-order valence-corrected chi connectivity index (χ4v) is 1.48. The number of hydrogen-bond acceptors (Lipinski definition) is 5. The Kier molecular flexibility index (Phi) is 4.75. The molecule has 1 aromatic rings. The first-order valence-corrected chi connectivity index (χ1v) is 5.29. The molecule has 7 nitrogen and oxygen atoms in total. The van der Waals surface area contributed by atoms with Crippen LogP contribution < -0.4 is 11.1 Å². The van der Waals surface area contributed by atoms with Crippen LogP contribution >= 0.6 is 0 Å². The molecule has 0 aliphatic rings. The molecule has 0 aliphatic carbocycles. The SMILES string of the molecule is COC(CN)C(=O)Nc1cccc([N+](=O)[O-])c1C. The second-order valence-corrected chi connectivity index (χ2v) is 3.66. The molecule has 7 heteroatoms. The second-order valence-electron chi connectivity index (χ2n) is 3.66. The van der Waals surface area contributed by atoms with Crippen LogP contribution in [0.2, 0.25) is 0 Å². The number of methoxy groups -OCH3 is 1. The maximum absolute atomic E-state index is 11.7. The Bertz CT molecular complexity index is 458. The summed E-state index contributed by atoms with van der Waals surface area (Å²) in [5.74, 6) is -0.427. The molecule has 0 fully saturated rings. The Morgan fingerprint density at radius 2 is 2.28 bits per heavy atom. The maximum atomic E-state index is 11.7. The molecule has 1 rings (SSSR count). The van der Waals surface area contributed by atoms with Crippen LogP contribution in [-0.4, -0.2) is 30.6 Å². The first-order valence-electron chi connectivity index (χ1n) is 5.29. The Hall–Kier alpha value is -1.99. The van der Waals surface area contributed by atoms with Crippen molar-refractivity contribution >= 4 is 17.3 Å². The highest BCUT2D eigenvalue weighted by Gasteiger charge is 2.19. The zero-order valence-corrected chi connectivity index (χ0v) is 10.2. The molecule has 3 N–H and O–H groups in total. The number of hydrogen-bond donors (Lipinski definition) is 2. The predicted molar refractivity (Wildman–Crippen MR) is 66.3 cm³/mol. The van der Waals surface area contributed by atoms with Gasteiger partial charge in [0.1, 0.15) is 6.10 Å². The summed E-state index contributed by atoms with van der Waals surface area (Å²) in [5, 5.41) is 13.3. The summed E-state index contributed by atoms with van der Waals surface area (Å²) in [4.78, 5) is 22.0. The summed E-state index contributed by atoms with van der Waals surface area (Å²) in [5.41, 5.74) is 6.08. The highest BCUT2D eigenvalue weighted by atomic mass is 16.6. The average molecular weight is 253 g/mol. The predicted octanol–water partition coefficient (Wildman–Crippen LogP) is 0.815. The van der Waals surface area contributed by atoms with Crippen LogP contribution in [0.3, 0.4) is 0 Å². The Morgan fingerprint density at radius 3 is 2.78 bits per heavy atom. The monoisotopic (exact) mass is 253 g/mol. The summed E-state index contributed by atoms with van der Waals surface area (Å²) in [6.45, 7) is 1.61. The zero-order chi connectivity index (χ0) is 13.7. The Balaban J connectivity index is 2.95. The molecule has 0 saturated heterocycles. The van der Waals surface area contributed by atoms with Gasteiger partial charge < -0.3 is 15.8 Å². The van der Waals surface area contributed by atoms with E-state index >= 15 is 0 Å². The van der Waals surface area contributed by atoms with E-state index in [9.17, 15) is 14.9 Å². The fourth-order valence-electron chi connectivity index (χ4n) is 1.48. The van der Waals surface area contributed by atoms with Crippen molar-refractivity contribution < 1.29 is 14.5 Å². The molecule has 0 heterocycles. The van der Waals surface area contributed by atoms with Gasteiger partial charge in [-0.05, 0) is 13.0 Å². The van der Waals surface area contributed by atoms with Crippen molar-refractivity contribution in [1.29, 1.82) is 0 Å². The van der Waals surface area contributed by atoms with Crippen molar-refractivity contribution in [3.8, 4) is 0 Å². The number of carbonyl (C=O) groups is 1. The summed E-state index contributed by atoms with van der Waals surface area (Å²) < 4.78 is 4.88. The molecule has 1 atom stereocenters. The first kappa shape index (κ1) is 14.1. The van der Waals surface area contributed by atoms with Crippen LogP contribution in [0.15, 0.2) is 18.2 Å². The van der Waals surface area contributed by atoms with Crippen molar-refractivity contribution in [2.24, 2.45) is 5.73 Å². The number of benzene rings is 1. The minimum absolute atomic E-state index is 0.0380. The molecule has 0 aromatic heterocycles. The van der Waals surface area contributed by atoms with Crippen LogP contribution in [0.1, 0.15) is 5.56 Å². The number of nitrogens with two attached hydrogens (primary N) is 1. The number of nitrogens with zero attached hydrogens (tertiary/aromatic N) is 1. The highest BCUT2D eigenvalue weighted by Crippen LogP contribution is 2.25. The number of ether oxygens (including phenoxy) is 1. The van der Waals surface area contributed by atoms with Crippen LogP contribution in [0.25, 0.3) is 0 Å². The summed E-state index contributed by atoms with van der Waals surface area (Å²) in [6, 6.07) is 4.47. The third-order valence-corrected chi connectivity index (χ3v) is 2.55. The number of carbonyl (C=O) groups excluding carboxylic acids is 1. The molecule has 0 saturated carbocycles.